The molecule has 0 unspecified atom stereocenters. The number of imidazole rings is 1. The number of nitrogens with zero attached hydrogens (tertiary/aromatic N) is 6. The van der Waals surface area contributed by atoms with E-state index in [1.54, 1.807) is 13.1 Å². The van der Waals surface area contributed by atoms with Crippen LogP contribution in [0, 0.1) is 30.1 Å². The number of aryl methyl sites for hydroxylation is 1. The molecule has 0 aromatic carbocycles. The van der Waals surface area contributed by atoms with Gasteiger partial charge in [-0.15, -0.1) is 0 Å². The van der Waals surface area contributed by atoms with Gasteiger partial charge in [0.1, 0.15) is 5.69 Å². The fourth-order valence-corrected chi connectivity index (χ4v) is 7.74. The minimum Gasteiger partial charge on any atom is -0.381 e. The number of halogens is 5. The second-order valence-electron chi connectivity index (χ2n) is 13.4. The molecule has 0 radical (unpaired) electrons. The van der Waals surface area contributed by atoms with Gasteiger partial charge < -0.3 is 15.4 Å². The fraction of sp³-hybridized carbons (Fsp3) is 0.690. The van der Waals surface area contributed by atoms with Crippen molar-refractivity contribution in [2.45, 2.75) is 82.3 Å². The van der Waals surface area contributed by atoms with E-state index in [-0.39, 0.29) is 54.7 Å². The molecule has 2 N–H and O–H groups in total. The van der Waals surface area contributed by atoms with Crippen LogP contribution >= 0.6 is 0 Å². The number of carbonyl (C=O) groups is 2. The SMILES string of the molecule is Cc1nonc1C(=O)N[C@H](c1cn2nc(C[C@H]3C[C@@H](C(F)(F)F)CNC3=O)c(C3CCOCC3)nc2n1)C1CC2(C1)CC(F)(F)C2. The van der Waals surface area contributed by atoms with Crippen LogP contribution in [0.1, 0.15) is 90.2 Å². The van der Waals surface area contributed by atoms with Crippen molar-refractivity contribution >= 4 is 17.6 Å². The monoisotopic (exact) mass is 652 g/mol. The maximum absolute atomic E-state index is 13.8. The number of aromatic nitrogens is 6. The van der Waals surface area contributed by atoms with Crippen LogP contribution in [0.25, 0.3) is 5.78 Å². The van der Waals surface area contributed by atoms with E-state index in [2.05, 4.69) is 25.6 Å². The Kier molecular flexibility index (Phi) is 7.51. The van der Waals surface area contributed by atoms with E-state index in [9.17, 15) is 31.5 Å². The second kappa shape index (κ2) is 11.2. The summed E-state index contributed by atoms with van der Waals surface area (Å²) in [5.74, 6) is -6.42. The van der Waals surface area contributed by atoms with Gasteiger partial charge in [0.2, 0.25) is 11.8 Å². The average molecular weight is 653 g/mol. The van der Waals surface area contributed by atoms with Crippen LogP contribution in [-0.4, -0.2) is 73.6 Å². The third-order valence-electron chi connectivity index (χ3n) is 10.0. The number of fused-ring (bicyclic) bond motifs is 1. The third kappa shape index (κ3) is 5.81. The van der Waals surface area contributed by atoms with E-state index in [1.165, 1.54) is 4.52 Å². The first-order chi connectivity index (χ1) is 21.8. The predicted octanol–water partition coefficient (Wildman–Crippen LogP) is 3.86. The van der Waals surface area contributed by atoms with Crippen molar-refractivity contribution in [2.75, 3.05) is 19.8 Å². The zero-order chi connectivity index (χ0) is 32.4. The van der Waals surface area contributed by atoms with E-state index in [4.69, 9.17) is 19.8 Å². The van der Waals surface area contributed by atoms with Crippen LogP contribution in [0.5, 0.6) is 0 Å². The molecule has 4 fully saturated rings. The van der Waals surface area contributed by atoms with Gasteiger partial charge in [-0.25, -0.2) is 27.9 Å². The summed E-state index contributed by atoms with van der Waals surface area (Å²) in [6.45, 7) is 2.06. The largest absolute Gasteiger partial charge is 0.393 e. The highest BCUT2D eigenvalue weighted by Gasteiger charge is 2.63. The molecule has 12 nitrogen and oxygen atoms in total. The van der Waals surface area contributed by atoms with E-state index in [0.717, 1.165) is 0 Å². The van der Waals surface area contributed by atoms with Crippen molar-refractivity contribution in [3.8, 4) is 0 Å². The molecule has 4 aliphatic rings. The summed E-state index contributed by atoms with van der Waals surface area (Å²) in [4.78, 5) is 35.4. The van der Waals surface area contributed by atoms with E-state index >= 15 is 0 Å². The lowest BCUT2D eigenvalue weighted by Gasteiger charge is -2.58. The van der Waals surface area contributed by atoms with Crippen molar-refractivity contribution in [2.24, 2.45) is 23.2 Å². The van der Waals surface area contributed by atoms with Crippen molar-refractivity contribution in [3.63, 3.8) is 0 Å². The number of nitrogens with one attached hydrogen (secondary N) is 2. The molecule has 1 spiro atoms. The number of carbonyl (C=O) groups excluding carboxylic acids is 2. The van der Waals surface area contributed by atoms with Crippen LogP contribution in [0.3, 0.4) is 0 Å². The summed E-state index contributed by atoms with van der Waals surface area (Å²) in [5, 5.41) is 17.4. The highest BCUT2D eigenvalue weighted by molar-refractivity contribution is 5.93. The Morgan fingerprint density at radius 1 is 1.17 bits per heavy atom. The van der Waals surface area contributed by atoms with Gasteiger partial charge in [-0.1, -0.05) is 5.16 Å². The average Bonchev–Trinajstić information content (AvgIpc) is 3.59. The standard InChI is InChI=1S/C29H33F5N8O4/c1-14-21(41-46-40-14)25(44)37-23(17-8-27(9-17)12-28(30,31)13-27)20-11-42-26(36-20)38-22(15-2-4-45-5-3-15)19(39-42)7-16-6-18(29(32,33)34)10-35-24(16)43/h11,15-18,23H,2-10,12-13H2,1H3,(H,35,43)(H,37,44)/t16-,18-,23+/m1/s1. The summed E-state index contributed by atoms with van der Waals surface area (Å²) in [5.41, 5.74) is 1.14. The summed E-state index contributed by atoms with van der Waals surface area (Å²) in [6, 6.07) is -0.696. The molecular weight excluding hydrogens is 619 g/mol. The molecule has 0 bridgehead atoms. The lowest BCUT2D eigenvalue weighted by molar-refractivity contribution is -0.210. The first-order valence-electron chi connectivity index (χ1n) is 15.5. The number of amides is 2. The first kappa shape index (κ1) is 30.9. The maximum atomic E-state index is 13.8. The Morgan fingerprint density at radius 2 is 1.91 bits per heavy atom. The fourth-order valence-electron chi connectivity index (χ4n) is 7.74. The molecule has 3 aromatic heterocycles. The molecule has 17 heteroatoms. The van der Waals surface area contributed by atoms with Crippen LogP contribution in [0.4, 0.5) is 22.0 Å². The molecule has 2 amide bonds. The molecule has 2 aliphatic carbocycles. The summed E-state index contributed by atoms with van der Waals surface area (Å²) >= 11 is 0. The van der Waals surface area contributed by atoms with E-state index in [0.29, 0.717) is 56.0 Å². The van der Waals surface area contributed by atoms with Gasteiger partial charge in [-0.2, -0.15) is 18.3 Å². The van der Waals surface area contributed by atoms with Gasteiger partial charge in [0.05, 0.1) is 35.2 Å². The van der Waals surface area contributed by atoms with E-state index < -0.39 is 53.8 Å². The van der Waals surface area contributed by atoms with Crippen molar-refractivity contribution in [1.29, 1.82) is 0 Å². The maximum Gasteiger partial charge on any atom is 0.393 e. The summed E-state index contributed by atoms with van der Waals surface area (Å²) in [7, 11) is 0. The number of ether oxygens (including phenoxy) is 1. The number of rotatable bonds is 7. The van der Waals surface area contributed by atoms with Gasteiger partial charge in [0.15, 0.2) is 5.69 Å². The summed E-state index contributed by atoms with van der Waals surface area (Å²) in [6.07, 6.45) is -1.48. The van der Waals surface area contributed by atoms with Crippen LogP contribution in [0.2, 0.25) is 0 Å². The van der Waals surface area contributed by atoms with Crippen molar-refractivity contribution < 1.29 is 40.9 Å². The molecule has 248 valence electrons. The van der Waals surface area contributed by atoms with Crippen LogP contribution in [0.15, 0.2) is 10.8 Å². The van der Waals surface area contributed by atoms with Gasteiger partial charge >= 0.3 is 6.18 Å². The molecular formula is C29H33F5N8O4. The Hall–Kier alpha value is -3.76. The quantitative estimate of drug-likeness (QED) is 0.363. The van der Waals surface area contributed by atoms with Gasteiger partial charge in [0.25, 0.3) is 11.7 Å². The van der Waals surface area contributed by atoms with Gasteiger partial charge in [-0.3, -0.25) is 9.59 Å². The smallest absolute Gasteiger partial charge is 0.381 e. The molecule has 3 atom stereocenters. The number of hydrogen-bond acceptors (Lipinski definition) is 9. The molecule has 46 heavy (non-hydrogen) atoms. The highest BCUT2D eigenvalue weighted by Crippen LogP contribution is 2.66. The van der Waals surface area contributed by atoms with Crippen LogP contribution in [-0.2, 0) is 16.0 Å². The van der Waals surface area contributed by atoms with Gasteiger partial charge in [0, 0.05) is 50.9 Å². The van der Waals surface area contributed by atoms with Crippen LogP contribution < -0.4 is 10.6 Å². The third-order valence-corrected chi connectivity index (χ3v) is 10.0. The molecule has 2 saturated carbocycles. The Morgan fingerprint density at radius 3 is 2.57 bits per heavy atom. The molecule has 2 saturated heterocycles. The molecule has 3 aromatic rings. The van der Waals surface area contributed by atoms with E-state index in [1.807, 2.05) is 0 Å². The topological polar surface area (TPSA) is 149 Å². The second-order valence-corrected chi connectivity index (χ2v) is 13.4. The molecule has 5 heterocycles. The number of hydrogen-bond donors (Lipinski definition) is 2. The lowest BCUT2D eigenvalue weighted by Crippen LogP contribution is -2.56. The number of alkyl halides is 5. The summed E-state index contributed by atoms with van der Waals surface area (Å²) < 4.78 is 79.8. The molecule has 2 aliphatic heterocycles. The zero-order valence-corrected chi connectivity index (χ0v) is 24.9. The van der Waals surface area contributed by atoms with Crippen molar-refractivity contribution in [3.05, 3.63) is 34.7 Å². The first-order valence-corrected chi connectivity index (χ1v) is 15.5. The minimum atomic E-state index is -4.44. The Balaban J connectivity index is 1.21. The zero-order valence-electron chi connectivity index (χ0n) is 24.9. The molecule has 7 rings (SSSR count). The Labute approximate surface area is 259 Å². The number of piperidine rings is 1. The predicted molar refractivity (Wildman–Crippen MR) is 147 cm³/mol. The normalized spacial score (nSPS) is 25.6. The van der Waals surface area contributed by atoms with Crippen molar-refractivity contribution in [1.82, 2.24) is 40.5 Å². The Bertz CT molecular complexity index is 1640. The lowest BCUT2D eigenvalue weighted by atomic mass is 9.49. The highest BCUT2D eigenvalue weighted by atomic mass is 19.4. The minimum absolute atomic E-state index is 0.0127. The van der Waals surface area contributed by atoms with Gasteiger partial charge in [-0.05, 0) is 55.5 Å².